The summed E-state index contributed by atoms with van der Waals surface area (Å²) in [7, 11) is 1.51. The largest absolute Gasteiger partial charge is 0.375 e. The fraction of sp³-hybridized carbons (Fsp3) is 0.176. The predicted octanol–water partition coefficient (Wildman–Crippen LogP) is 3.44. The molecule has 0 radical (unpaired) electrons. The van der Waals surface area contributed by atoms with Crippen LogP contribution in [0.15, 0.2) is 48.5 Å². The number of hydrogen-bond acceptors (Lipinski definition) is 3. The molecule has 0 aromatic heterocycles. The summed E-state index contributed by atoms with van der Waals surface area (Å²) in [6.07, 6.45) is -0.453. The molecule has 2 rings (SSSR count). The third kappa shape index (κ3) is 4.96. The van der Waals surface area contributed by atoms with Gasteiger partial charge in [-0.05, 0) is 30.3 Å². The number of carbonyl (C=O) groups is 2. The lowest BCUT2D eigenvalue weighted by Gasteiger charge is -2.17. The van der Waals surface area contributed by atoms with Crippen molar-refractivity contribution in [3.63, 3.8) is 0 Å². The van der Waals surface area contributed by atoms with Gasteiger partial charge in [-0.25, -0.2) is 0 Å². The Morgan fingerprint density at radius 1 is 1.04 bits per heavy atom. The van der Waals surface area contributed by atoms with Gasteiger partial charge in [0.15, 0.2) is 0 Å². The minimum Gasteiger partial charge on any atom is -0.375 e. The van der Waals surface area contributed by atoms with Gasteiger partial charge < -0.3 is 15.4 Å². The van der Waals surface area contributed by atoms with E-state index in [9.17, 15) is 9.59 Å². The van der Waals surface area contributed by atoms with Gasteiger partial charge in [0.2, 0.25) is 0 Å². The molecule has 1 unspecified atom stereocenters. The molecule has 24 heavy (non-hydrogen) atoms. The van der Waals surface area contributed by atoms with Gasteiger partial charge in [-0.1, -0.05) is 41.4 Å². The molecule has 2 N–H and O–H groups in total. The zero-order valence-electron chi connectivity index (χ0n) is 12.9. The average Bonchev–Trinajstić information content (AvgIpc) is 2.58. The summed E-state index contributed by atoms with van der Waals surface area (Å²) in [5.41, 5.74) is 1.22. The second-order valence-corrected chi connectivity index (χ2v) is 5.76. The van der Waals surface area contributed by atoms with E-state index >= 15 is 0 Å². The van der Waals surface area contributed by atoms with Crippen LogP contribution in [-0.4, -0.2) is 25.5 Å². The van der Waals surface area contributed by atoms with Crippen molar-refractivity contribution in [2.45, 2.75) is 6.10 Å². The van der Waals surface area contributed by atoms with E-state index in [-0.39, 0.29) is 6.54 Å². The molecule has 1 atom stereocenters. The highest BCUT2D eigenvalue weighted by Crippen LogP contribution is 2.24. The van der Waals surface area contributed by atoms with Gasteiger partial charge >= 0.3 is 11.8 Å². The van der Waals surface area contributed by atoms with E-state index in [2.05, 4.69) is 10.6 Å². The van der Waals surface area contributed by atoms with E-state index in [0.29, 0.717) is 15.7 Å². The molecule has 2 aromatic rings. The molecule has 5 nitrogen and oxygen atoms in total. The number of ether oxygens (including phenoxy) is 1. The monoisotopic (exact) mass is 366 g/mol. The van der Waals surface area contributed by atoms with Crippen molar-refractivity contribution in [2.24, 2.45) is 0 Å². The third-order valence-corrected chi connectivity index (χ3v) is 3.89. The summed E-state index contributed by atoms with van der Waals surface area (Å²) >= 11 is 11.9. The maximum atomic E-state index is 11.9. The van der Waals surface area contributed by atoms with E-state index in [1.807, 2.05) is 6.07 Å². The molecular weight excluding hydrogens is 351 g/mol. The number of rotatable bonds is 5. The second kappa shape index (κ2) is 8.68. The molecule has 7 heteroatoms. The minimum absolute atomic E-state index is 0.118. The van der Waals surface area contributed by atoms with Crippen LogP contribution in [0, 0.1) is 0 Å². The lowest BCUT2D eigenvalue weighted by molar-refractivity contribution is -0.136. The van der Waals surface area contributed by atoms with Crippen molar-refractivity contribution in [3.05, 3.63) is 64.1 Å². The van der Waals surface area contributed by atoms with Gasteiger partial charge in [-0.2, -0.15) is 0 Å². The lowest BCUT2D eigenvalue weighted by Crippen LogP contribution is -2.38. The Hall–Kier alpha value is -2.08. The molecule has 2 amide bonds. The zero-order valence-corrected chi connectivity index (χ0v) is 14.4. The summed E-state index contributed by atoms with van der Waals surface area (Å²) in [4.78, 5) is 23.8. The molecular formula is C17H16Cl2N2O3. The number of nitrogens with one attached hydrogen (secondary N) is 2. The number of methoxy groups -OCH3 is 1. The van der Waals surface area contributed by atoms with Gasteiger partial charge in [-0.3, -0.25) is 9.59 Å². The summed E-state index contributed by atoms with van der Waals surface area (Å²) in [6, 6.07) is 13.6. The van der Waals surface area contributed by atoms with Crippen LogP contribution in [0.4, 0.5) is 5.69 Å². The smallest absolute Gasteiger partial charge is 0.313 e. The van der Waals surface area contributed by atoms with E-state index in [1.165, 1.54) is 7.11 Å². The van der Waals surface area contributed by atoms with Gasteiger partial charge in [0.05, 0.1) is 0 Å². The van der Waals surface area contributed by atoms with E-state index in [1.54, 1.807) is 42.5 Å². The Morgan fingerprint density at radius 3 is 2.33 bits per heavy atom. The van der Waals surface area contributed by atoms with Crippen LogP contribution in [0.5, 0.6) is 0 Å². The van der Waals surface area contributed by atoms with Gasteiger partial charge in [0.25, 0.3) is 0 Å². The highest BCUT2D eigenvalue weighted by molar-refractivity contribution is 6.39. The molecule has 0 spiro atoms. The van der Waals surface area contributed by atoms with Gasteiger partial charge in [0.1, 0.15) is 6.10 Å². The number of hydrogen-bond donors (Lipinski definition) is 2. The SMILES string of the molecule is COC(CNC(=O)C(=O)Nc1ccc(Cl)cc1)c1ccccc1Cl. The number of anilines is 1. The lowest BCUT2D eigenvalue weighted by atomic mass is 10.1. The van der Waals surface area contributed by atoms with E-state index < -0.39 is 17.9 Å². The Balaban J connectivity index is 1.92. The molecule has 0 aliphatic heterocycles. The van der Waals surface area contributed by atoms with Gasteiger partial charge in [-0.15, -0.1) is 0 Å². The summed E-state index contributed by atoms with van der Waals surface area (Å²) in [5.74, 6) is -1.54. The standard InChI is InChI=1S/C17H16Cl2N2O3/c1-24-15(13-4-2-3-5-14(13)19)10-20-16(22)17(23)21-12-8-6-11(18)7-9-12/h2-9,15H,10H2,1H3,(H,20,22)(H,21,23). The number of halogens is 2. The Bertz CT molecular complexity index is 720. The van der Waals surface area contributed by atoms with Gasteiger partial charge in [0, 0.05) is 35.0 Å². The zero-order chi connectivity index (χ0) is 17.5. The average molecular weight is 367 g/mol. The predicted molar refractivity (Wildman–Crippen MR) is 94.3 cm³/mol. The van der Waals surface area contributed by atoms with Crippen molar-refractivity contribution in [3.8, 4) is 0 Å². The summed E-state index contributed by atoms with van der Waals surface area (Å²) in [5, 5.41) is 6.09. The van der Waals surface area contributed by atoms with E-state index in [4.69, 9.17) is 27.9 Å². The Labute approximate surface area is 149 Å². The van der Waals surface area contributed by atoms with Crippen LogP contribution in [0.3, 0.4) is 0 Å². The second-order valence-electron chi connectivity index (χ2n) is 4.92. The quantitative estimate of drug-likeness (QED) is 0.796. The molecule has 0 fully saturated rings. The van der Waals surface area contributed by atoms with Crippen molar-refractivity contribution >= 4 is 40.7 Å². The van der Waals surface area contributed by atoms with Crippen LogP contribution in [0.1, 0.15) is 11.7 Å². The molecule has 2 aromatic carbocycles. The molecule has 126 valence electrons. The Morgan fingerprint density at radius 2 is 1.71 bits per heavy atom. The first kappa shape index (κ1) is 18.3. The van der Waals surface area contributed by atoms with Crippen LogP contribution in [-0.2, 0) is 14.3 Å². The molecule has 0 aliphatic carbocycles. The fourth-order valence-corrected chi connectivity index (χ4v) is 2.43. The third-order valence-electron chi connectivity index (χ3n) is 3.29. The molecule has 0 saturated heterocycles. The first-order chi connectivity index (χ1) is 11.5. The normalized spacial score (nSPS) is 11.6. The number of carbonyl (C=O) groups excluding carboxylic acids is 2. The van der Waals surface area contributed by atoms with Crippen molar-refractivity contribution in [1.29, 1.82) is 0 Å². The maximum Gasteiger partial charge on any atom is 0.313 e. The van der Waals surface area contributed by atoms with Crippen molar-refractivity contribution in [2.75, 3.05) is 19.0 Å². The maximum absolute atomic E-state index is 11.9. The molecule has 0 saturated carbocycles. The first-order valence-electron chi connectivity index (χ1n) is 7.13. The topological polar surface area (TPSA) is 67.4 Å². The highest BCUT2D eigenvalue weighted by atomic mass is 35.5. The summed E-state index contributed by atoms with van der Waals surface area (Å²) < 4.78 is 5.33. The molecule has 0 bridgehead atoms. The van der Waals surface area contributed by atoms with Crippen molar-refractivity contribution in [1.82, 2.24) is 5.32 Å². The number of benzene rings is 2. The van der Waals surface area contributed by atoms with E-state index in [0.717, 1.165) is 5.56 Å². The van der Waals surface area contributed by atoms with Crippen LogP contribution in [0.2, 0.25) is 10.0 Å². The fourth-order valence-electron chi connectivity index (χ4n) is 2.04. The summed E-state index contributed by atoms with van der Waals surface area (Å²) in [6.45, 7) is 0.118. The Kier molecular flexibility index (Phi) is 6.61. The van der Waals surface area contributed by atoms with Crippen LogP contribution in [0.25, 0.3) is 0 Å². The molecule has 0 aliphatic rings. The minimum atomic E-state index is -0.772. The van der Waals surface area contributed by atoms with Crippen molar-refractivity contribution < 1.29 is 14.3 Å². The molecule has 0 heterocycles. The first-order valence-corrected chi connectivity index (χ1v) is 7.89. The van der Waals surface area contributed by atoms with Crippen LogP contribution >= 0.6 is 23.2 Å². The highest BCUT2D eigenvalue weighted by Gasteiger charge is 2.18. The van der Waals surface area contributed by atoms with Crippen LogP contribution < -0.4 is 10.6 Å². The number of amides is 2.